The van der Waals surface area contributed by atoms with Crippen molar-refractivity contribution in [2.24, 2.45) is 5.41 Å². The smallest absolute Gasteiger partial charge is 0.254 e. The van der Waals surface area contributed by atoms with Crippen molar-refractivity contribution in [3.05, 3.63) is 0 Å². The van der Waals surface area contributed by atoms with Crippen molar-refractivity contribution in [1.29, 1.82) is 0 Å². The third kappa shape index (κ3) is 4.54. The fourth-order valence-electron chi connectivity index (χ4n) is 0.488. The molecule has 12 heavy (non-hydrogen) atoms. The minimum Gasteiger partial charge on any atom is -0.318 e. The van der Waals surface area contributed by atoms with Gasteiger partial charge in [0, 0.05) is 6.66 Å². The highest BCUT2D eigenvalue weighted by Gasteiger charge is 2.26. The molecule has 0 aromatic carbocycles. The molecule has 0 aromatic rings. The van der Waals surface area contributed by atoms with Gasteiger partial charge in [-0.2, -0.15) is 0 Å². The zero-order valence-electron chi connectivity index (χ0n) is 8.75. The van der Waals surface area contributed by atoms with Crippen LogP contribution >= 0.6 is 18.0 Å². The van der Waals surface area contributed by atoms with Crippen LogP contribution in [0.1, 0.15) is 27.7 Å². The lowest BCUT2D eigenvalue weighted by atomic mass is 9.91. The summed E-state index contributed by atoms with van der Waals surface area (Å²) in [5.41, 5.74) is 0.0569. The van der Waals surface area contributed by atoms with E-state index in [1.807, 2.05) is 13.2 Å². The molecule has 0 aliphatic rings. The molecule has 0 bridgehead atoms. The van der Waals surface area contributed by atoms with Gasteiger partial charge in [0.15, 0.2) is 0 Å². The molecule has 2 nitrogen and oxygen atoms in total. The third-order valence-electron chi connectivity index (χ3n) is 1.90. The highest BCUT2D eigenvalue weighted by atomic mass is 32.7. The lowest BCUT2D eigenvalue weighted by Gasteiger charge is -2.29. The molecular weight excluding hydrogens is 191 g/mol. The van der Waals surface area contributed by atoms with Crippen LogP contribution in [0.4, 0.5) is 0 Å². The second kappa shape index (κ2) is 4.17. The first-order valence-electron chi connectivity index (χ1n) is 4.00. The Morgan fingerprint density at radius 3 is 2.08 bits per heavy atom. The predicted octanol–water partition coefficient (Wildman–Crippen LogP) is 3.62. The minimum atomic E-state index is -2.41. The Kier molecular flexibility index (Phi) is 4.35. The van der Waals surface area contributed by atoms with Crippen LogP contribution in [0.15, 0.2) is 0 Å². The van der Waals surface area contributed by atoms with Crippen molar-refractivity contribution in [2.45, 2.75) is 33.8 Å². The van der Waals surface area contributed by atoms with E-state index in [-0.39, 0.29) is 11.5 Å². The molecule has 4 heteroatoms. The van der Waals surface area contributed by atoms with Crippen molar-refractivity contribution in [3.8, 4) is 0 Å². The van der Waals surface area contributed by atoms with E-state index in [4.69, 9.17) is 4.52 Å². The molecule has 0 fully saturated rings. The second-order valence-electron chi connectivity index (χ2n) is 4.07. The standard InChI is InChI=1S/C8H19O2PS/c1-7(8(2,3)4)10-11(5,9)12-6/h7H,1-6H3/t7?,11-/m0/s1. The monoisotopic (exact) mass is 210 g/mol. The minimum absolute atomic E-state index is 0.0285. The van der Waals surface area contributed by atoms with Gasteiger partial charge in [0.05, 0.1) is 6.10 Å². The number of hydrogen-bond acceptors (Lipinski definition) is 3. The van der Waals surface area contributed by atoms with E-state index in [1.54, 1.807) is 6.66 Å². The van der Waals surface area contributed by atoms with Crippen molar-refractivity contribution in [3.63, 3.8) is 0 Å². The van der Waals surface area contributed by atoms with Gasteiger partial charge in [-0.05, 0) is 18.6 Å². The Labute approximate surface area is 79.7 Å². The predicted molar refractivity (Wildman–Crippen MR) is 57.0 cm³/mol. The van der Waals surface area contributed by atoms with Gasteiger partial charge in [-0.25, -0.2) is 0 Å². The van der Waals surface area contributed by atoms with Gasteiger partial charge < -0.3 is 4.52 Å². The average molecular weight is 210 g/mol. The Hall–Kier alpha value is 0.540. The Morgan fingerprint density at radius 1 is 1.42 bits per heavy atom. The number of rotatable bonds is 3. The van der Waals surface area contributed by atoms with Crippen LogP contribution in [0.25, 0.3) is 0 Å². The van der Waals surface area contributed by atoms with E-state index in [0.29, 0.717) is 0 Å². The van der Waals surface area contributed by atoms with Crippen LogP contribution in [0.2, 0.25) is 0 Å². The Balaban J connectivity index is 4.19. The van der Waals surface area contributed by atoms with Crippen LogP contribution in [-0.2, 0) is 9.09 Å². The topological polar surface area (TPSA) is 26.3 Å². The highest BCUT2D eigenvalue weighted by Crippen LogP contribution is 2.56. The molecule has 1 unspecified atom stereocenters. The maximum Gasteiger partial charge on any atom is 0.254 e. The zero-order valence-corrected chi connectivity index (χ0v) is 10.5. The Bertz CT molecular complexity index is 186. The van der Waals surface area contributed by atoms with Gasteiger partial charge in [0.25, 0.3) is 6.57 Å². The lowest BCUT2D eigenvalue weighted by Crippen LogP contribution is -2.24. The summed E-state index contributed by atoms with van der Waals surface area (Å²) in [5, 5.41) is 0. The molecule has 0 saturated heterocycles. The second-order valence-corrected chi connectivity index (χ2v) is 9.27. The van der Waals surface area contributed by atoms with Crippen molar-refractivity contribution >= 4 is 18.0 Å². The highest BCUT2D eigenvalue weighted by molar-refractivity contribution is 8.56. The van der Waals surface area contributed by atoms with Gasteiger partial charge in [-0.1, -0.05) is 32.2 Å². The molecule has 0 N–H and O–H groups in total. The maximum atomic E-state index is 11.6. The van der Waals surface area contributed by atoms with E-state index in [0.717, 1.165) is 0 Å². The summed E-state index contributed by atoms with van der Waals surface area (Å²) in [6.07, 6.45) is 1.84. The summed E-state index contributed by atoms with van der Waals surface area (Å²) in [7, 11) is 0. The summed E-state index contributed by atoms with van der Waals surface area (Å²) < 4.78 is 17.1. The van der Waals surface area contributed by atoms with Gasteiger partial charge in [0.2, 0.25) is 0 Å². The van der Waals surface area contributed by atoms with E-state index < -0.39 is 6.57 Å². The van der Waals surface area contributed by atoms with Crippen LogP contribution in [0.3, 0.4) is 0 Å². The molecule has 0 aromatic heterocycles. The molecule has 0 spiro atoms. The molecule has 0 saturated carbocycles. The molecule has 0 amide bonds. The summed E-state index contributed by atoms with van der Waals surface area (Å²) in [6, 6.07) is 0. The lowest BCUT2D eigenvalue weighted by molar-refractivity contribution is 0.112. The fourth-order valence-corrected chi connectivity index (χ4v) is 2.11. The van der Waals surface area contributed by atoms with Gasteiger partial charge in [-0.15, -0.1) is 0 Å². The first-order valence-corrected chi connectivity index (χ1v) is 7.91. The maximum absolute atomic E-state index is 11.6. The zero-order chi connectivity index (χ0) is 9.99. The molecule has 74 valence electrons. The van der Waals surface area contributed by atoms with E-state index in [2.05, 4.69) is 20.8 Å². The molecule has 2 atom stereocenters. The first kappa shape index (κ1) is 12.5. The van der Waals surface area contributed by atoms with E-state index >= 15 is 0 Å². The summed E-state index contributed by atoms with van der Waals surface area (Å²) >= 11 is 1.30. The molecule has 0 aliphatic carbocycles. The van der Waals surface area contributed by atoms with Crippen molar-refractivity contribution in [2.75, 3.05) is 12.9 Å². The van der Waals surface area contributed by atoms with Crippen LogP contribution in [0.5, 0.6) is 0 Å². The van der Waals surface area contributed by atoms with Gasteiger partial charge in [-0.3, -0.25) is 4.57 Å². The van der Waals surface area contributed by atoms with E-state index in [9.17, 15) is 4.57 Å². The molecule has 0 rings (SSSR count). The van der Waals surface area contributed by atoms with Crippen LogP contribution < -0.4 is 0 Å². The SMILES string of the molecule is CS[P@@](C)(=O)OC(C)C(C)(C)C. The quantitative estimate of drug-likeness (QED) is 0.665. The van der Waals surface area contributed by atoms with Gasteiger partial charge >= 0.3 is 0 Å². The first-order chi connectivity index (χ1) is 5.19. The fraction of sp³-hybridized carbons (Fsp3) is 1.00. The summed E-state index contributed by atoms with van der Waals surface area (Å²) in [6.45, 7) is 7.47. The van der Waals surface area contributed by atoms with Crippen molar-refractivity contribution < 1.29 is 9.09 Å². The van der Waals surface area contributed by atoms with Crippen LogP contribution in [-0.4, -0.2) is 19.0 Å². The third-order valence-corrected chi connectivity index (χ3v) is 5.51. The normalized spacial score (nSPS) is 20.2. The molecular formula is C8H19O2PS. The van der Waals surface area contributed by atoms with Crippen LogP contribution in [0, 0.1) is 5.41 Å². The Morgan fingerprint density at radius 2 is 1.83 bits per heavy atom. The summed E-state index contributed by atoms with van der Waals surface area (Å²) in [5.74, 6) is 0. The van der Waals surface area contributed by atoms with Crippen molar-refractivity contribution in [1.82, 2.24) is 0 Å². The van der Waals surface area contributed by atoms with Gasteiger partial charge in [0.1, 0.15) is 0 Å². The molecule has 0 heterocycles. The molecule has 0 radical (unpaired) electrons. The molecule has 0 aliphatic heterocycles. The largest absolute Gasteiger partial charge is 0.318 e. The van der Waals surface area contributed by atoms with E-state index in [1.165, 1.54) is 11.4 Å². The summed E-state index contributed by atoms with van der Waals surface area (Å²) in [4.78, 5) is 0. The average Bonchev–Trinajstić information content (AvgIpc) is 1.85. The number of hydrogen-bond donors (Lipinski definition) is 0.